The first-order valence-corrected chi connectivity index (χ1v) is 7.53. The smallest absolute Gasteiger partial charge is 0.239 e. The molecule has 2 fully saturated rings. The largest absolute Gasteiger partial charge is 0.352 e. The molecule has 0 bridgehead atoms. The van der Waals surface area contributed by atoms with Crippen molar-refractivity contribution in [3.63, 3.8) is 0 Å². The molecular weight excluding hydrogens is 242 g/mol. The molecule has 19 heavy (non-hydrogen) atoms. The molecule has 0 aromatic carbocycles. The molecule has 5 heteroatoms. The molecule has 1 saturated carbocycles. The number of carbonyl (C=O) groups excluding carboxylic acids is 2. The summed E-state index contributed by atoms with van der Waals surface area (Å²) in [7, 11) is 0. The van der Waals surface area contributed by atoms with E-state index in [1.165, 1.54) is 19.3 Å². The molecule has 2 aliphatic rings. The number of hydrogen-bond donors (Lipinski definition) is 3. The molecule has 0 unspecified atom stereocenters. The minimum atomic E-state index is -0.0471. The Hall–Kier alpha value is -1.10. The summed E-state index contributed by atoms with van der Waals surface area (Å²) in [4.78, 5) is 23.6. The highest BCUT2D eigenvalue weighted by Gasteiger charge is 2.21. The van der Waals surface area contributed by atoms with Gasteiger partial charge in [0.15, 0.2) is 0 Å². The fraction of sp³-hybridized carbons (Fsp3) is 0.857. The van der Waals surface area contributed by atoms with Crippen LogP contribution in [-0.2, 0) is 9.59 Å². The van der Waals surface area contributed by atoms with Gasteiger partial charge in [-0.2, -0.15) is 0 Å². The highest BCUT2D eigenvalue weighted by molar-refractivity contribution is 5.85. The Balaban J connectivity index is 1.63. The van der Waals surface area contributed by atoms with Crippen molar-refractivity contribution in [1.82, 2.24) is 16.0 Å². The SMILES string of the molecule is O=C(CNC(=O)C1CCNCC1)NC1CCCCC1. The Morgan fingerprint density at radius 2 is 1.68 bits per heavy atom. The minimum absolute atomic E-state index is 0.0281. The van der Waals surface area contributed by atoms with E-state index in [1.807, 2.05) is 0 Å². The van der Waals surface area contributed by atoms with Crippen molar-refractivity contribution in [2.24, 2.45) is 5.92 Å². The van der Waals surface area contributed by atoms with Crippen LogP contribution in [-0.4, -0.2) is 37.5 Å². The van der Waals surface area contributed by atoms with Crippen molar-refractivity contribution < 1.29 is 9.59 Å². The maximum absolute atomic E-state index is 11.9. The number of carbonyl (C=O) groups is 2. The average molecular weight is 267 g/mol. The molecule has 3 N–H and O–H groups in total. The lowest BCUT2D eigenvalue weighted by Gasteiger charge is -2.24. The lowest BCUT2D eigenvalue weighted by atomic mass is 9.95. The summed E-state index contributed by atoms with van der Waals surface area (Å²) < 4.78 is 0. The summed E-state index contributed by atoms with van der Waals surface area (Å²) in [5.74, 6) is 0.0539. The molecule has 1 aliphatic heterocycles. The summed E-state index contributed by atoms with van der Waals surface area (Å²) in [6.07, 6.45) is 7.58. The van der Waals surface area contributed by atoms with Gasteiger partial charge in [-0.05, 0) is 38.8 Å². The van der Waals surface area contributed by atoms with E-state index in [9.17, 15) is 9.59 Å². The Bertz CT molecular complexity index is 308. The summed E-state index contributed by atoms with van der Waals surface area (Å²) in [5.41, 5.74) is 0. The van der Waals surface area contributed by atoms with Gasteiger partial charge in [-0.25, -0.2) is 0 Å². The van der Waals surface area contributed by atoms with Crippen LogP contribution in [0.3, 0.4) is 0 Å². The van der Waals surface area contributed by atoms with Gasteiger partial charge in [-0.15, -0.1) is 0 Å². The van der Waals surface area contributed by atoms with Crippen molar-refractivity contribution in [1.29, 1.82) is 0 Å². The van der Waals surface area contributed by atoms with Crippen molar-refractivity contribution in [3.05, 3.63) is 0 Å². The zero-order chi connectivity index (χ0) is 13.5. The zero-order valence-corrected chi connectivity index (χ0v) is 11.5. The van der Waals surface area contributed by atoms with E-state index in [1.54, 1.807) is 0 Å². The molecular formula is C14H25N3O2. The molecule has 5 nitrogen and oxygen atoms in total. The van der Waals surface area contributed by atoms with Gasteiger partial charge in [0, 0.05) is 12.0 Å². The van der Waals surface area contributed by atoms with Crippen LogP contribution in [0, 0.1) is 5.92 Å². The van der Waals surface area contributed by atoms with Crippen LogP contribution in [0.5, 0.6) is 0 Å². The van der Waals surface area contributed by atoms with Crippen LogP contribution in [0.2, 0.25) is 0 Å². The van der Waals surface area contributed by atoms with Crippen LogP contribution in [0.4, 0.5) is 0 Å². The molecule has 0 atom stereocenters. The van der Waals surface area contributed by atoms with Gasteiger partial charge in [0.25, 0.3) is 0 Å². The molecule has 108 valence electrons. The fourth-order valence-electron chi connectivity index (χ4n) is 2.92. The fourth-order valence-corrected chi connectivity index (χ4v) is 2.92. The highest BCUT2D eigenvalue weighted by Crippen LogP contribution is 2.17. The third-order valence-electron chi connectivity index (χ3n) is 4.10. The van der Waals surface area contributed by atoms with Crippen molar-refractivity contribution in [3.8, 4) is 0 Å². The molecule has 1 saturated heterocycles. The average Bonchev–Trinajstić information content (AvgIpc) is 2.47. The summed E-state index contributed by atoms with van der Waals surface area (Å²) in [5, 5.41) is 9.00. The quantitative estimate of drug-likeness (QED) is 0.697. The van der Waals surface area contributed by atoms with E-state index in [4.69, 9.17) is 0 Å². The lowest BCUT2D eigenvalue weighted by Crippen LogP contribution is -2.45. The van der Waals surface area contributed by atoms with E-state index in [0.717, 1.165) is 38.8 Å². The first-order valence-electron chi connectivity index (χ1n) is 7.53. The van der Waals surface area contributed by atoms with E-state index in [2.05, 4.69) is 16.0 Å². The van der Waals surface area contributed by atoms with E-state index in [-0.39, 0.29) is 24.3 Å². The Morgan fingerprint density at radius 3 is 2.37 bits per heavy atom. The molecule has 1 heterocycles. The third-order valence-corrected chi connectivity index (χ3v) is 4.10. The van der Waals surface area contributed by atoms with E-state index in [0.29, 0.717) is 6.04 Å². The number of hydrogen-bond acceptors (Lipinski definition) is 3. The molecule has 0 aromatic heterocycles. The van der Waals surface area contributed by atoms with Gasteiger partial charge in [-0.1, -0.05) is 19.3 Å². The number of amides is 2. The van der Waals surface area contributed by atoms with Crippen molar-refractivity contribution in [2.75, 3.05) is 19.6 Å². The van der Waals surface area contributed by atoms with Gasteiger partial charge in [0.2, 0.25) is 11.8 Å². The predicted molar refractivity (Wildman–Crippen MR) is 73.6 cm³/mol. The second-order valence-corrected chi connectivity index (χ2v) is 5.64. The van der Waals surface area contributed by atoms with Crippen LogP contribution in [0.15, 0.2) is 0 Å². The molecule has 0 aromatic rings. The first-order chi connectivity index (χ1) is 9.25. The first kappa shape index (κ1) is 14.3. The number of rotatable bonds is 4. The highest BCUT2D eigenvalue weighted by atomic mass is 16.2. The molecule has 0 radical (unpaired) electrons. The zero-order valence-electron chi connectivity index (χ0n) is 11.5. The summed E-state index contributed by atoms with van der Waals surface area (Å²) >= 11 is 0. The second kappa shape index (κ2) is 7.48. The normalized spacial score (nSPS) is 21.9. The Kier molecular flexibility index (Phi) is 5.63. The summed E-state index contributed by atoms with van der Waals surface area (Å²) in [6.45, 7) is 1.91. The van der Waals surface area contributed by atoms with Gasteiger partial charge >= 0.3 is 0 Å². The van der Waals surface area contributed by atoms with Crippen LogP contribution in [0.25, 0.3) is 0 Å². The second-order valence-electron chi connectivity index (χ2n) is 5.64. The minimum Gasteiger partial charge on any atom is -0.352 e. The Morgan fingerprint density at radius 1 is 1.00 bits per heavy atom. The molecule has 1 aliphatic carbocycles. The number of piperidine rings is 1. The maximum atomic E-state index is 11.9. The summed E-state index contributed by atoms with van der Waals surface area (Å²) in [6, 6.07) is 0.317. The predicted octanol–water partition coefficient (Wildman–Crippen LogP) is 0.551. The van der Waals surface area contributed by atoms with Gasteiger partial charge in [0.1, 0.15) is 0 Å². The van der Waals surface area contributed by atoms with Crippen LogP contribution < -0.4 is 16.0 Å². The molecule has 2 amide bonds. The number of nitrogens with one attached hydrogen (secondary N) is 3. The monoisotopic (exact) mass is 267 g/mol. The van der Waals surface area contributed by atoms with E-state index < -0.39 is 0 Å². The van der Waals surface area contributed by atoms with Gasteiger partial charge in [0.05, 0.1) is 6.54 Å². The van der Waals surface area contributed by atoms with Crippen molar-refractivity contribution >= 4 is 11.8 Å². The van der Waals surface area contributed by atoms with Crippen LogP contribution >= 0.6 is 0 Å². The van der Waals surface area contributed by atoms with Crippen molar-refractivity contribution in [2.45, 2.75) is 51.0 Å². The van der Waals surface area contributed by atoms with Gasteiger partial charge in [-0.3, -0.25) is 9.59 Å². The van der Waals surface area contributed by atoms with Crippen LogP contribution in [0.1, 0.15) is 44.9 Å². The lowest BCUT2D eigenvalue weighted by molar-refractivity contribution is -0.129. The molecule has 2 rings (SSSR count). The maximum Gasteiger partial charge on any atom is 0.239 e. The third kappa shape index (κ3) is 4.82. The Labute approximate surface area is 114 Å². The van der Waals surface area contributed by atoms with Gasteiger partial charge < -0.3 is 16.0 Å². The van der Waals surface area contributed by atoms with E-state index >= 15 is 0 Å². The topological polar surface area (TPSA) is 70.2 Å². The standard InChI is InChI=1S/C14H25N3O2/c18-13(17-12-4-2-1-3-5-12)10-16-14(19)11-6-8-15-9-7-11/h11-12,15H,1-10H2,(H,16,19)(H,17,18). The molecule has 0 spiro atoms.